The number of carbonyl (C=O) groups is 2. The third kappa shape index (κ3) is 3.61. The summed E-state index contributed by atoms with van der Waals surface area (Å²) >= 11 is 6.08. The molecule has 0 amide bonds. The topological polar surface area (TPSA) is 34.1 Å². The Hall–Kier alpha value is -1.93. The molecule has 1 aliphatic rings. The Bertz CT molecular complexity index is 860. The zero-order valence-electron chi connectivity index (χ0n) is 15.9. The van der Waals surface area contributed by atoms with Crippen LogP contribution in [0.4, 0.5) is 0 Å². The second kappa shape index (κ2) is 7.00. The lowest BCUT2D eigenvalue weighted by Crippen LogP contribution is -2.36. The van der Waals surface area contributed by atoms with Gasteiger partial charge in [-0.05, 0) is 64.8 Å². The minimum Gasteiger partial charge on any atom is -0.299 e. The summed E-state index contributed by atoms with van der Waals surface area (Å²) < 4.78 is 0. The lowest BCUT2D eigenvalue weighted by molar-refractivity contribution is -0.135. The van der Waals surface area contributed by atoms with Crippen LogP contribution in [0.2, 0.25) is 5.02 Å². The minimum atomic E-state index is -0.620. The summed E-state index contributed by atoms with van der Waals surface area (Å²) in [5.41, 5.74) is 4.90. The Kier molecular flexibility index (Phi) is 5.07. The number of ketones is 2. The molecule has 2 aromatic rings. The van der Waals surface area contributed by atoms with Gasteiger partial charge in [-0.25, -0.2) is 0 Å². The molecule has 3 rings (SSSR count). The van der Waals surface area contributed by atoms with Crippen LogP contribution in [-0.4, -0.2) is 11.6 Å². The fourth-order valence-corrected chi connectivity index (χ4v) is 4.27. The van der Waals surface area contributed by atoms with Crippen LogP contribution in [0.25, 0.3) is 11.1 Å². The van der Waals surface area contributed by atoms with Crippen molar-refractivity contribution in [1.29, 1.82) is 0 Å². The molecule has 2 aromatic carbocycles. The molecule has 0 atom stereocenters. The van der Waals surface area contributed by atoms with E-state index in [9.17, 15) is 9.59 Å². The standard InChI is InChI=1S/C23H25ClO2/c1-5-15-6-7-16(18-9-8-17(24)10-14(18)2)11-19(15)22-20(25)12-23(3,4)13-21(22)26/h6-11,22H,5,12-13H2,1-4H3. The van der Waals surface area contributed by atoms with Crippen LogP contribution in [0.5, 0.6) is 0 Å². The van der Waals surface area contributed by atoms with Crippen molar-refractivity contribution in [2.75, 3.05) is 0 Å². The summed E-state index contributed by atoms with van der Waals surface area (Å²) in [4.78, 5) is 25.6. The van der Waals surface area contributed by atoms with Crippen molar-refractivity contribution >= 4 is 23.2 Å². The molecule has 0 aliphatic heterocycles. The fourth-order valence-electron chi connectivity index (χ4n) is 4.04. The van der Waals surface area contributed by atoms with E-state index in [4.69, 9.17) is 11.6 Å². The summed E-state index contributed by atoms with van der Waals surface area (Å²) in [7, 11) is 0. The van der Waals surface area contributed by atoms with E-state index in [-0.39, 0.29) is 17.0 Å². The normalized spacial score (nSPS) is 17.6. The first-order valence-electron chi connectivity index (χ1n) is 9.16. The first-order chi connectivity index (χ1) is 12.2. The highest BCUT2D eigenvalue weighted by molar-refractivity contribution is 6.30. The molecular weight excluding hydrogens is 344 g/mol. The number of benzene rings is 2. The van der Waals surface area contributed by atoms with E-state index in [2.05, 4.69) is 19.1 Å². The van der Waals surface area contributed by atoms with E-state index in [1.54, 1.807) is 0 Å². The van der Waals surface area contributed by atoms with Gasteiger partial charge in [0, 0.05) is 17.9 Å². The lowest BCUT2D eigenvalue weighted by atomic mass is 9.68. The highest BCUT2D eigenvalue weighted by atomic mass is 35.5. The average Bonchev–Trinajstić information content (AvgIpc) is 2.53. The van der Waals surface area contributed by atoms with E-state index in [1.165, 1.54) is 0 Å². The first kappa shape index (κ1) is 18.8. The van der Waals surface area contributed by atoms with Crippen LogP contribution in [0.1, 0.15) is 56.2 Å². The zero-order valence-corrected chi connectivity index (χ0v) is 16.6. The van der Waals surface area contributed by atoms with Gasteiger partial charge in [0.05, 0.1) is 0 Å². The van der Waals surface area contributed by atoms with Crippen LogP contribution in [-0.2, 0) is 16.0 Å². The Labute approximate surface area is 160 Å². The number of rotatable bonds is 3. The summed E-state index contributed by atoms with van der Waals surface area (Å²) in [6.45, 7) is 8.07. The van der Waals surface area contributed by atoms with Gasteiger partial charge >= 0.3 is 0 Å². The fraction of sp³-hybridized carbons (Fsp3) is 0.391. The molecule has 0 N–H and O–H groups in total. The molecule has 0 radical (unpaired) electrons. The Morgan fingerprint density at radius 3 is 2.27 bits per heavy atom. The second-order valence-electron chi connectivity index (χ2n) is 8.11. The number of halogens is 1. The lowest BCUT2D eigenvalue weighted by Gasteiger charge is -2.33. The maximum absolute atomic E-state index is 12.8. The van der Waals surface area contributed by atoms with Gasteiger partial charge in [0.1, 0.15) is 17.5 Å². The van der Waals surface area contributed by atoms with E-state index >= 15 is 0 Å². The van der Waals surface area contributed by atoms with Gasteiger partial charge in [-0.2, -0.15) is 0 Å². The average molecular weight is 369 g/mol. The highest BCUT2D eigenvalue weighted by Crippen LogP contribution is 2.40. The molecule has 1 fully saturated rings. The van der Waals surface area contributed by atoms with Gasteiger partial charge in [-0.3, -0.25) is 9.59 Å². The SMILES string of the molecule is CCc1ccc(-c2ccc(Cl)cc2C)cc1C1C(=O)CC(C)(C)CC1=O. The zero-order chi connectivity index (χ0) is 19.1. The van der Waals surface area contributed by atoms with Crippen LogP contribution in [0.3, 0.4) is 0 Å². The molecule has 1 saturated carbocycles. The Balaban J connectivity index is 2.09. The summed E-state index contributed by atoms with van der Waals surface area (Å²) in [5.74, 6) is -0.526. The van der Waals surface area contributed by atoms with Crippen molar-refractivity contribution in [3.05, 3.63) is 58.1 Å². The van der Waals surface area contributed by atoms with Gasteiger partial charge in [-0.1, -0.05) is 50.6 Å². The first-order valence-corrected chi connectivity index (χ1v) is 9.54. The van der Waals surface area contributed by atoms with Gasteiger partial charge in [-0.15, -0.1) is 0 Å². The monoisotopic (exact) mass is 368 g/mol. The second-order valence-corrected chi connectivity index (χ2v) is 8.55. The molecular formula is C23H25ClO2. The molecule has 0 heterocycles. The summed E-state index contributed by atoms with van der Waals surface area (Å²) in [6, 6.07) is 12.0. The highest BCUT2D eigenvalue weighted by Gasteiger charge is 2.41. The molecule has 0 unspecified atom stereocenters. The predicted molar refractivity (Wildman–Crippen MR) is 107 cm³/mol. The molecule has 3 heteroatoms. The van der Waals surface area contributed by atoms with E-state index in [0.717, 1.165) is 34.2 Å². The molecule has 1 aliphatic carbocycles. The van der Waals surface area contributed by atoms with Crippen molar-refractivity contribution in [1.82, 2.24) is 0 Å². The third-order valence-corrected chi connectivity index (χ3v) is 5.52. The summed E-state index contributed by atoms with van der Waals surface area (Å²) in [6.07, 6.45) is 1.71. The number of carbonyl (C=O) groups excluding carboxylic acids is 2. The predicted octanol–water partition coefficient (Wildman–Crippen LogP) is 5.92. The molecule has 0 bridgehead atoms. The van der Waals surface area contributed by atoms with Crippen LogP contribution >= 0.6 is 11.6 Å². The van der Waals surface area contributed by atoms with Crippen molar-refractivity contribution in [2.45, 2.75) is 52.9 Å². The summed E-state index contributed by atoms with van der Waals surface area (Å²) in [5, 5.41) is 0.705. The van der Waals surface area contributed by atoms with Crippen molar-refractivity contribution in [2.24, 2.45) is 5.41 Å². The van der Waals surface area contributed by atoms with Gasteiger partial charge in [0.2, 0.25) is 0 Å². The van der Waals surface area contributed by atoms with Gasteiger partial charge < -0.3 is 0 Å². The van der Waals surface area contributed by atoms with Gasteiger partial charge in [0.15, 0.2) is 0 Å². The number of Topliss-reactive ketones (excluding diaryl/α,β-unsaturated/α-hetero) is 2. The quantitative estimate of drug-likeness (QED) is 0.630. The molecule has 0 spiro atoms. The third-order valence-electron chi connectivity index (χ3n) is 5.29. The Morgan fingerprint density at radius 2 is 1.69 bits per heavy atom. The largest absolute Gasteiger partial charge is 0.299 e. The van der Waals surface area contributed by atoms with Gasteiger partial charge in [0.25, 0.3) is 0 Å². The van der Waals surface area contributed by atoms with Crippen LogP contribution < -0.4 is 0 Å². The maximum Gasteiger partial charge on any atom is 0.148 e. The number of hydrogen-bond donors (Lipinski definition) is 0. The molecule has 26 heavy (non-hydrogen) atoms. The van der Waals surface area contributed by atoms with E-state index in [1.807, 2.05) is 45.0 Å². The van der Waals surface area contributed by atoms with Crippen molar-refractivity contribution < 1.29 is 9.59 Å². The molecule has 0 aromatic heterocycles. The molecule has 0 saturated heterocycles. The smallest absolute Gasteiger partial charge is 0.148 e. The maximum atomic E-state index is 12.8. The minimum absolute atomic E-state index is 0.0472. The van der Waals surface area contributed by atoms with E-state index in [0.29, 0.717) is 17.9 Å². The Morgan fingerprint density at radius 1 is 1.04 bits per heavy atom. The van der Waals surface area contributed by atoms with Crippen LogP contribution in [0, 0.1) is 12.3 Å². The molecule has 136 valence electrons. The number of aryl methyl sites for hydroxylation is 2. The van der Waals surface area contributed by atoms with Crippen molar-refractivity contribution in [3.8, 4) is 11.1 Å². The van der Waals surface area contributed by atoms with Crippen LogP contribution in [0.15, 0.2) is 36.4 Å². The van der Waals surface area contributed by atoms with E-state index < -0.39 is 5.92 Å². The number of hydrogen-bond acceptors (Lipinski definition) is 2. The molecule has 2 nitrogen and oxygen atoms in total. The van der Waals surface area contributed by atoms with Crippen molar-refractivity contribution in [3.63, 3.8) is 0 Å².